The second-order valence-electron chi connectivity index (χ2n) is 4.32. The van der Waals surface area contributed by atoms with E-state index in [1.807, 2.05) is 25.1 Å². The van der Waals surface area contributed by atoms with Crippen LogP contribution < -0.4 is 10.6 Å². The van der Waals surface area contributed by atoms with Gasteiger partial charge in [0.1, 0.15) is 0 Å². The van der Waals surface area contributed by atoms with Crippen molar-refractivity contribution in [1.29, 1.82) is 0 Å². The first-order chi connectivity index (χ1) is 8.20. The molecule has 0 saturated heterocycles. The van der Waals surface area contributed by atoms with Crippen LogP contribution in [-0.4, -0.2) is 30.2 Å². The lowest BCUT2D eigenvalue weighted by Crippen LogP contribution is -2.31. The van der Waals surface area contributed by atoms with Gasteiger partial charge in [-0.2, -0.15) is 0 Å². The molecule has 0 aromatic heterocycles. The van der Waals surface area contributed by atoms with Crippen LogP contribution in [0.4, 0.5) is 5.69 Å². The Balaban J connectivity index is 2.00. The third kappa shape index (κ3) is 2.77. The summed E-state index contributed by atoms with van der Waals surface area (Å²) in [6.07, 6.45) is 1.15. The van der Waals surface area contributed by atoms with Gasteiger partial charge in [0, 0.05) is 24.3 Å². The van der Waals surface area contributed by atoms with Crippen molar-refractivity contribution in [1.82, 2.24) is 5.32 Å². The summed E-state index contributed by atoms with van der Waals surface area (Å²) in [6, 6.07) is 5.67. The molecule has 1 aliphatic rings. The highest BCUT2D eigenvalue weighted by Gasteiger charge is 2.13. The lowest BCUT2D eigenvalue weighted by molar-refractivity contribution is 0.0914. The minimum Gasteiger partial charge on any atom is -0.391 e. The standard InChI is InChI=1S/C13H18N2O2/c1-2-11(16)8-15-13(17)10-3-4-12-9(7-10)5-6-14-12/h3-4,7,11,14,16H,2,5-6,8H2,1H3,(H,15,17). The third-order valence-electron chi connectivity index (χ3n) is 3.05. The fraction of sp³-hybridized carbons (Fsp3) is 0.462. The summed E-state index contributed by atoms with van der Waals surface area (Å²) in [5, 5.41) is 15.4. The molecular formula is C13H18N2O2. The van der Waals surface area contributed by atoms with Crippen molar-refractivity contribution in [3.05, 3.63) is 29.3 Å². The van der Waals surface area contributed by atoms with E-state index in [2.05, 4.69) is 10.6 Å². The molecule has 0 spiro atoms. The Kier molecular flexibility index (Phi) is 3.64. The van der Waals surface area contributed by atoms with Gasteiger partial charge in [-0.25, -0.2) is 0 Å². The van der Waals surface area contributed by atoms with Crippen molar-refractivity contribution in [2.75, 3.05) is 18.4 Å². The van der Waals surface area contributed by atoms with Crippen LogP contribution in [0.5, 0.6) is 0 Å². The van der Waals surface area contributed by atoms with Gasteiger partial charge in [-0.1, -0.05) is 6.92 Å². The van der Waals surface area contributed by atoms with Crippen LogP contribution in [0.3, 0.4) is 0 Å². The van der Waals surface area contributed by atoms with Gasteiger partial charge in [-0.3, -0.25) is 4.79 Å². The average Bonchev–Trinajstić information content (AvgIpc) is 2.82. The highest BCUT2D eigenvalue weighted by molar-refractivity contribution is 5.95. The van der Waals surface area contributed by atoms with E-state index in [1.165, 1.54) is 5.56 Å². The molecule has 1 atom stereocenters. The molecule has 92 valence electrons. The normalized spacial score (nSPS) is 14.9. The number of carbonyl (C=O) groups is 1. The Hall–Kier alpha value is -1.55. The Bertz CT molecular complexity index is 418. The number of hydrogen-bond donors (Lipinski definition) is 3. The maximum absolute atomic E-state index is 11.8. The summed E-state index contributed by atoms with van der Waals surface area (Å²) >= 11 is 0. The number of amides is 1. The van der Waals surface area contributed by atoms with Gasteiger partial charge in [0.15, 0.2) is 0 Å². The number of aliphatic hydroxyl groups is 1. The maximum atomic E-state index is 11.8. The molecule has 17 heavy (non-hydrogen) atoms. The van der Waals surface area contributed by atoms with Crippen LogP contribution in [0.15, 0.2) is 18.2 Å². The van der Waals surface area contributed by atoms with Crippen molar-refractivity contribution < 1.29 is 9.90 Å². The number of anilines is 1. The quantitative estimate of drug-likeness (QED) is 0.732. The maximum Gasteiger partial charge on any atom is 0.251 e. The monoisotopic (exact) mass is 234 g/mol. The zero-order valence-electron chi connectivity index (χ0n) is 9.99. The van der Waals surface area contributed by atoms with E-state index < -0.39 is 6.10 Å². The molecule has 4 heteroatoms. The van der Waals surface area contributed by atoms with Crippen molar-refractivity contribution >= 4 is 11.6 Å². The van der Waals surface area contributed by atoms with Gasteiger partial charge in [-0.15, -0.1) is 0 Å². The number of fused-ring (bicyclic) bond motifs is 1. The van der Waals surface area contributed by atoms with Crippen molar-refractivity contribution in [2.24, 2.45) is 0 Å². The lowest BCUT2D eigenvalue weighted by Gasteiger charge is -2.10. The molecule has 0 radical (unpaired) electrons. The molecule has 1 amide bonds. The SMILES string of the molecule is CCC(O)CNC(=O)c1ccc2c(c1)CCN2. The topological polar surface area (TPSA) is 61.4 Å². The van der Waals surface area contributed by atoms with Gasteiger partial charge < -0.3 is 15.7 Å². The number of nitrogens with one attached hydrogen (secondary N) is 2. The van der Waals surface area contributed by atoms with Crippen molar-refractivity contribution in [3.8, 4) is 0 Å². The van der Waals surface area contributed by atoms with Crippen molar-refractivity contribution in [3.63, 3.8) is 0 Å². The highest BCUT2D eigenvalue weighted by atomic mass is 16.3. The summed E-state index contributed by atoms with van der Waals surface area (Å²) < 4.78 is 0. The van der Waals surface area contributed by atoms with E-state index >= 15 is 0 Å². The van der Waals surface area contributed by atoms with Crippen molar-refractivity contribution in [2.45, 2.75) is 25.9 Å². The molecular weight excluding hydrogens is 216 g/mol. The molecule has 2 rings (SSSR count). The second kappa shape index (κ2) is 5.19. The highest BCUT2D eigenvalue weighted by Crippen LogP contribution is 2.22. The molecule has 3 N–H and O–H groups in total. The Morgan fingerprint density at radius 2 is 2.41 bits per heavy atom. The predicted molar refractivity (Wildman–Crippen MR) is 67.3 cm³/mol. The summed E-state index contributed by atoms with van der Waals surface area (Å²) in [4.78, 5) is 11.8. The number of carbonyl (C=O) groups excluding carboxylic acids is 1. The second-order valence-corrected chi connectivity index (χ2v) is 4.32. The number of benzene rings is 1. The molecule has 4 nitrogen and oxygen atoms in total. The molecule has 1 unspecified atom stereocenters. The molecule has 0 fully saturated rings. The van der Waals surface area contributed by atoms with Gasteiger partial charge in [0.25, 0.3) is 5.91 Å². The minimum atomic E-state index is -0.463. The van der Waals surface area contributed by atoms with Crippen LogP contribution in [0.2, 0.25) is 0 Å². The summed E-state index contributed by atoms with van der Waals surface area (Å²) in [6.45, 7) is 3.14. The molecule has 1 aromatic rings. The van der Waals surface area contributed by atoms with Crippen LogP contribution in [0, 0.1) is 0 Å². The van der Waals surface area contributed by atoms with E-state index in [9.17, 15) is 9.90 Å². The molecule has 0 saturated carbocycles. The first-order valence-corrected chi connectivity index (χ1v) is 6.03. The zero-order valence-corrected chi connectivity index (χ0v) is 9.99. The molecule has 0 aliphatic carbocycles. The molecule has 1 aromatic carbocycles. The molecule has 1 aliphatic heterocycles. The first-order valence-electron chi connectivity index (χ1n) is 6.03. The van der Waals surface area contributed by atoms with Crippen LogP contribution in [-0.2, 0) is 6.42 Å². The molecule has 0 bridgehead atoms. The average molecular weight is 234 g/mol. The van der Waals surface area contributed by atoms with E-state index in [4.69, 9.17) is 0 Å². The fourth-order valence-electron chi connectivity index (χ4n) is 1.90. The minimum absolute atomic E-state index is 0.118. The van der Waals surface area contributed by atoms with E-state index in [0.717, 1.165) is 18.7 Å². The van der Waals surface area contributed by atoms with E-state index in [-0.39, 0.29) is 5.91 Å². The number of aliphatic hydroxyl groups excluding tert-OH is 1. The van der Waals surface area contributed by atoms with Gasteiger partial charge in [-0.05, 0) is 36.6 Å². The largest absolute Gasteiger partial charge is 0.391 e. The van der Waals surface area contributed by atoms with Gasteiger partial charge in [0.2, 0.25) is 0 Å². The number of hydrogen-bond acceptors (Lipinski definition) is 3. The van der Waals surface area contributed by atoms with Crippen LogP contribution >= 0.6 is 0 Å². The summed E-state index contributed by atoms with van der Waals surface area (Å²) in [5.74, 6) is -0.118. The number of rotatable bonds is 4. The Morgan fingerprint density at radius 1 is 1.59 bits per heavy atom. The smallest absolute Gasteiger partial charge is 0.251 e. The zero-order chi connectivity index (χ0) is 12.3. The predicted octanol–water partition coefficient (Wildman–Crippen LogP) is 1.16. The third-order valence-corrected chi connectivity index (χ3v) is 3.05. The molecule has 1 heterocycles. The first kappa shape index (κ1) is 11.9. The van der Waals surface area contributed by atoms with Crippen LogP contribution in [0.1, 0.15) is 29.3 Å². The summed E-state index contributed by atoms with van der Waals surface area (Å²) in [7, 11) is 0. The van der Waals surface area contributed by atoms with Crippen LogP contribution in [0.25, 0.3) is 0 Å². The van der Waals surface area contributed by atoms with Gasteiger partial charge in [0.05, 0.1) is 6.10 Å². The van der Waals surface area contributed by atoms with Gasteiger partial charge >= 0.3 is 0 Å². The fourth-order valence-corrected chi connectivity index (χ4v) is 1.90. The van der Waals surface area contributed by atoms with E-state index in [0.29, 0.717) is 18.5 Å². The lowest BCUT2D eigenvalue weighted by atomic mass is 10.1. The Morgan fingerprint density at radius 3 is 3.18 bits per heavy atom. The Labute approximate surface area is 101 Å². The van der Waals surface area contributed by atoms with E-state index in [1.54, 1.807) is 0 Å². The summed E-state index contributed by atoms with van der Waals surface area (Å²) in [5.41, 5.74) is 2.97.